The summed E-state index contributed by atoms with van der Waals surface area (Å²) in [5, 5.41) is 13.9. The molecule has 3 aromatic heterocycles. The van der Waals surface area contributed by atoms with E-state index in [-0.39, 0.29) is 40.6 Å². The molecule has 72 heavy (non-hydrogen) atoms. The summed E-state index contributed by atoms with van der Waals surface area (Å²) in [6.45, 7) is 13.1. The number of nitrogens with one attached hydrogen (secondary N) is 2. The maximum Gasteiger partial charge on any atom is 0.137 e. The van der Waals surface area contributed by atoms with Gasteiger partial charge in [0.15, 0.2) is 0 Å². The van der Waals surface area contributed by atoms with Crippen LogP contribution in [0, 0.1) is 0 Å². The summed E-state index contributed by atoms with van der Waals surface area (Å²) in [4.78, 5) is 9.00. The van der Waals surface area contributed by atoms with E-state index in [0.29, 0.717) is 23.5 Å². The molecule has 0 aliphatic heterocycles. The van der Waals surface area contributed by atoms with Crippen LogP contribution in [0.2, 0.25) is 0 Å². The molecule has 0 saturated heterocycles. The van der Waals surface area contributed by atoms with E-state index in [1.54, 1.807) is 0 Å². The molecule has 0 fully saturated rings. The van der Waals surface area contributed by atoms with Crippen molar-refractivity contribution in [3.63, 3.8) is 0 Å². The van der Waals surface area contributed by atoms with Crippen molar-refractivity contribution in [3.8, 4) is 28.4 Å². The Balaban J connectivity index is 1.04. The first-order valence-corrected chi connectivity index (χ1v) is 25.1. The Hall–Kier alpha value is -8.15. The number of H-pyrrole nitrogens is 1. The standard InChI is InChI=1S/C67H60N4O/c1-66(2,3)46-35-36-68-63(40-46)71-61-32-15-14-27-56(61)57-34-33-50(42-62(57)71)72-49-22-16-21-48(41-49)69-60-31-18-30-59-55-26-13-11-24-53(55)52-23-10-12-25-54(52)58-29-17-28-51(64(58)70-65(59)60)45-37-44(43-19-8-7-9-20-43)38-47(39-45)67(4,5)6/h7-10,12,14-16,18-27,29-42,69-70H,11,13,17,28H2,1-6H3/i7D,8D,9D,19D,20D. The molecular formula is C67H60N4O. The summed E-state index contributed by atoms with van der Waals surface area (Å²) in [5.41, 5.74) is 9.39. The van der Waals surface area contributed by atoms with Crippen molar-refractivity contribution in [1.29, 1.82) is 0 Å². The minimum Gasteiger partial charge on any atom is -0.457 e. The summed E-state index contributed by atoms with van der Waals surface area (Å²) < 4.78 is 52.7. The number of rotatable bonds is 7. The molecular weight excluding hydrogens is 877 g/mol. The van der Waals surface area contributed by atoms with Gasteiger partial charge in [0, 0.05) is 50.7 Å². The van der Waals surface area contributed by atoms with E-state index in [4.69, 9.17) is 16.6 Å². The summed E-state index contributed by atoms with van der Waals surface area (Å²) >= 11 is 0. The number of fused-ring (bicyclic) bond motifs is 10. The highest BCUT2D eigenvalue weighted by Crippen LogP contribution is 2.37. The van der Waals surface area contributed by atoms with Gasteiger partial charge in [0.25, 0.3) is 0 Å². The first-order valence-electron chi connectivity index (χ1n) is 27.6. The van der Waals surface area contributed by atoms with Crippen molar-refractivity contribution in [2.24, 2.45) is 0 Å². The van der Waals surface area contributed by atoms with Gasteiger partial charge in [0.05, 0.1) is 29.1 Å². The zero-order valence-corrected chi connectivity index (χ0v) is 41.7. The first kappa shape index (κ1) is 39.6. The average molecular weight is 942 g/mol. The molecule has 2 aliphatic rings. The number of anilines is 2. The minimum atomic E-state index is -0.404. The van der Waals surface area contributed by atoms with Gasteiger partial charge < -0.3 is 15.0 Å². The van der Waals surface area contributed by atoms with Crippen LogP contribution in [0.25, 0.3) is 84.2 Å². The molecule has 0 spiro atoms. The molecule has 0 saturated carbocycles. The smallest absolute Gasteiger partial charge is 0.137 e. The fraction of sp³-hybridized carbons (Fsp3) is 0.179. The first-order chi connectivity index (χ1) is 37.0. The normalized spacial score (nSPS) is 14.5. The van der Waals surface area contributed by atoms with E-state index in [1.165, 1.54) is 16.0 Å². The quantitative estimate of drug-likeness (QED) is 0.167. The van der Waals surface area contributed by atoms with Crippen LogP contribution in [-0.2, 0) is 10.8 Å². The van der Waals surface area contributed by atoms with Gasteiger partial charge in [-0.05, 0) is 146 Å². The van der Waals surface area contributed by atoms with Crippen molar-refractivity contribution in [3.05, 3.63) is 214 Å². The number of ether oxygens (including phenoxy) is 1. The largest absolute Gasteiger partial charge is 0.457 e. The van der Waals surface area contributed by atoms with Crippen molar-refractivity contribution in [1.82, 2.24) is 14.5 Å². The Kier molecular flexibility index (Phi) is 9.84. The number of pyridine rings is 1. The second-order valence-corrected chi connectivity index (χ2v) is 21.2. The van der Waals surface area contributed by atoms with E-state index in [1.807, 2.05) is 42.6 Å². The SMILES string of the molecule is [2H]c1c([2H])c([2H])c(-c2cc(C3=c4[nH]c5c(Nc6cccc(Oc7ccc8c9ccccc9n(-c9cc(C(C)(C)C)ccn9)c8c7)c6)cccc5c5c(c6ccccc6c4=CCC3)=CCCC=5)cc(C(C)(C)C)c2)c([2H])c1[2H]. The highest BCUT2D eigenvalue weighted by atomic mass is 16.5. The number of hydrogen-bond acceptors (Lipinski definition) is 3. The maximum atomic E-state index is 9.04. The summed E-state index contributed by atoms with van der Waals surface area (Å²) in [6, 6.07) is 47.0. The third-order valence-corrected chi connectivity index (χ3v) is 14.4. The number of benzene rings is 7. The molecule has 0 radical (unpaired) electrons. The van der Waals surface area contributed by atoms with Gasteiger partial charge in [-0.15, -0.1) is 0 Å². The van der Waals surface area contributed by atoms with Crippen LogP contribution in [0.4, 0.5) is 11.4 Å². The summed E-state index contributed by atoms with van der Waals surface area (Å²) in [6.07, 6.45) is 12.3. The van der Waals surface area contributed by atoms with E-state index in [9.17, 15) is 0 Å². The lowest BCUT2D eigenvalue weighted by atomic mass is 9.82. The number of aromatic amines is 1. The molecule has 3 heterocycles. The van der Waals surface area contributed by atoms with E-state index in [0.717, 1.165) is 107 Å². The fourth-order valence-corrected chi connectivity index (χ4v) is 10.7. The second kappa shape index (κ2) is 17.9. The molecule has 0 unspecified atom stereocenters. The van der Waals surface area contributed by atoms with Crippen LogP contribution >= 0.6 is 0 Å². The number of aromatic nitrogens is 3. The molecule has 0 amide bonds. The predicted molar refractivity (Wildman–Crippen MR) is 304 cm³/mol. The molecule has 354 valence electrons. The van der Waals surface area contributed by atoms with Crippen LogP contribution in [0.5, 0.6) is 11.5 Å². The van der Waals surface area contributed by atoms with Gasteiger partial charge in [-0.2, -0.15) is 0 Å². The minimum absolute atomic E-state index is 0.0438. The number of hydrogen-bond donors (Lipinski definition) is 2. The molecule has 0 bridgehead atoms. The molecule has 2 aliphatic carbocycles. The van der Waals surface area contributed by atoms with Gasteiger partial charge in [-0.3, -0.25) is 4.57 Å². The lowest BCUT2D eigenvalue weighted by molar-refractivity contribution is 0.483. The van der Waals surface area contributed by atoms with Gasteiger partial charge in [0.1, 0.15) is 17.3 Å². The zero-order chi connectivity index (χ0) is 53.5. The predicted octanol–water partition coefficient (Wildman–Crippen LogP) is 14.9. The molecule has 2 N–H and O–H groups in total. The van der Waals surface area contributed by atoms with Crippen LogP contribution in [0.15, 0.2) is 176 Å². The molecule has 10 aromatic rings. The number of nitrogens with zero attached hydrogens (tertiary/aromatic N) is 2. The van der Waals surface area contributed by atoms with Crippen LogP contribution in [0.1, 0.15) is 90.8 Å². The van der Waals surface area contributed by atoms with Crippen LogP contribution in [-0.4, -0.2) is 14.5 Å². The highest BCUT2D eigenvalue weighted by molar-refractivity contribution is 6.09. The lowest BCUT2D eigenvalue weighted by Crippen LogP contribution is -2.33. The summed E-state index contributed by atoms with van der Waals surface area (Å²) in [5.74, 6) is 2.25. The van der Waals surface area contributed by atoms with Gasteiger partial charge in [-0.25, -0.2) is 4.98 Å². The van der Waals surface area contributed by atoms with Crippen LogP contribution < -0.4 is 31.1 Å². The van der Waals surface area contributed by atoms with Crippen molar-refractivity contribution in [2.45, 2.75) is 78.1 Å². The maximum absolute atomic E-state index is 9.04. The van der Waals surface area contributed by atoms with Gasteiger partial charge in [0.2, 0.25) is 0 Å². The Morgan fingerprint density at radius 2 is 1.22 bits per heavy atom. The average Bonchev–Trinajstić information content (AvgIpc) is 3.84. The lowest BCUT2D eigenvalue weighted by Gasteiger charge is -2.23. The second-order valence-electron chi connectivity index (χ2n) is 21.2. The zero-order valence-electron chi connectivity index (χ0n) is 46.7. The van der Waals surface area contributed by atoms with E-state index < -0.39 is 6.04 Å². The highest BCUT2D eigenvalue weighted by Gasteiger charge is 2.21. The third-order valence-electron chi connectivity index (χ3n) is 14.4. The number of para-hydroxylation sites is 2. The molecule has 5 nitrogen and oxygen atoms in total. The Bertz CT molecular complexity index is 4410. The van der Waals surface area contributed by atoms with Crippen molar-refractivity contribution < 1.29 is 11.6 Å². The Labute approximate surface area is 428 Å². The van der Waals surface area contributed by atoms with Crippen molar-refractivity contribution >= 4 is 78.7 Å². The Morgan fingerprint density at radius 3 is 2.01 bits per heavy atom. The Morgan fingerprint density at radius 1 is 0.556 bits per heavy atom. The van der Waals surface area contributed by atoms with Gasteiger partial charge in [-0.1, -0.05) is 163 Å². The van der Waals surface area contributed by atoms with Crippen molar-refractivity contribution in [2.75, 3.05) is 5.32 Å². The fourth-order valence-electron chi connectivity index (χ4n) is 10.7. The van der Waals surface area contributed by atoms with Crippen LogP contribution in [0.3, 0.4) is 0 Å². The monoisotopic (exact) mass is 942 g/mol. The topological polar surface area (TPSA) is 54.9 Å². The summed E-state index contributed by atoms with van der Waals surface area (Å²) in [7, 11) is 0. The molecule has 7 aromatic carbocycles. The molecule has 12 rings (SSSR count). The molecule has 5 heteroatoms. The third kappa shape index (κ3) is 8.33. The van der Waals surface area contributed by atoms with E-state index >= 15 is 0 Å². The molecule has 0 atom stereocenters. The van der Waals surface area contributed by atoms with E-state index in [2.05, 4.69) is 178 Å². The van der Waals surface area contributed by atoms with Gasteiger partial charge >= 0.3 is 0 Å².